The Morgan fingerprint density at radius 3 is 2.55 bits per heavy atom. The highest BCUT2D eigenvalue weighted by Gasteiger charge is 2.60. The number of nitrogens with one attached hydrogen (secondary N) is 1. The molecule has 0 saturated carbocycles. The number of aromatic amines is 1. The van der Waals surface area contributed by atoms with Gasteiger partial charge in [-0.1, -0.05) is 18.2 Å². The molecule has 0 aliphatic carbocycles. The van der Waals surface area contributed by atoms with E-state index in [1.807, 2.05) is 0 Å². The molecule has 1 aliphatic heterocycles. The van der Waals surface area contributed by atoms with Crippen molar-refractivity contribution in [3.05, 3.63) is 36.0 Å². The van der Waals surface area contributed by atoms with Gasteiger partial charge in [-0.3, -0.25) is 0 Å². The van der Waals surface area contributed by atoms with Crippen LogP contribution >= 0.6 is 15.9 Å². The number of ether oxygens (including phenoxy) is 1. The van der Waals surface area contributed by atoms with Gasteiger partial charge in [-0.15, -0.1) is 0 Å². The fourth-order valence-corrected chi connectivity index (χ4v) is 3.26. The van der Waals surface area contributed by atoms with Crippen LogP contribution in [0.3, 0.4) is 0 Å². The van der Waals surface area contributed by atoms with E-state index in [-0.39, 0.29) is 5.56 Å². The molecule has 0 bridgehead atoms. The van der Waals surface area contributed by atoms with Gasteiger partial charge in [0.05, 0.1) is 6.61 Å². The lowest BCUT2D eigenvalue weighted by atomic mass is 9.88. The number of hydrogen-bond acceptors (Lipinski definition) is 6. The Hall–Kier alpha value is -1.00. The third kappa shape index (κ3) is 2.11. The molecule has 3 rings (SSSR count). The van der Waals surface area contributed by atoms with E-state index in [0.717, 1.165) is 0 Å². The average molecular weight is 374 g/mol. The monoisotopic (exact) mass is 373 g/mol. The van der Waals surface area contributed by atoms with Gasteiger partial charge in [-0.25, -0.2) is 0 Å². The molecule has 6 N–H and O–H groups in total. The maximum Gasteiger partial charge on any atom is 0.225 e. The Morgan fingerprint density at radius 1 is 1.18 bits per heavy atom. The Labute approximate surface area is 133 Å². The fraction of sp³-hybridized carbons (Fsp3) is 0.429. The molecule has 0 radical (unpaired) electrons. The van der Waals surface area contributed by atoms with E-state index < -0.39 is 35.2 Å². The molecule has 22 heavy (non-hydrogen) atoms. The largest absolute Gasteiger partial charge is 0.392 e. The van der Waals surface area contributed by atoms with Gasteiger partial charge in [-0.05, 0) is 22.0 Å². The van der Waals surface area contributed by atoms with E-state index in [9.17, 15) is 25.5 Å². The average Bonchev–Trinajstić information content (AvgIpc) is 2.96. The van der Waals surface area contributed by atoms with Gasteiger partial charge in [0, 0.05) is 22.7 Å². The third-order valence-electron chi connectivity index (χ3n) is 4.01. The Balaban J connectivity index is 2.14. The van der Waals surface area contributed by atoms with Crippen molar-refractivity contribution in [2.45, 2.75) is 28.6 Å². The van der Waals surface area contributed by atoms with Crippen LogP contribution in [0.1, 0.15) is 5.56 Å². The summed E-state index contributed by atoms with van der Waals surface area (Å²) >= 11 is 2.99. The van der Waals surface area contributed by atoms with Crippen LogP contribution in [0, 0.1) is 0 Å². The van der Waals surface area contributed by atoms with Crippen LogP contribution < -0.4 is 0 Å². The van der Waals surface area contributed by atoms with E-state index in [1.54, 1.807) is 24.3 Å². The molecule has 8 heteroatoms. The van der Waals surface area contributed by atoms with E-state index in [1.165, 1.54) is 6.20 Å². The molecule has 1 aromatic heterocycles. The number of rotatable bonds is 2. The molecule has 1 fully saturated rings. The number of aliphatic hydroxyl groups excluding tert-OH is 4. The molecular formula is C14H16BrNO6. The van der Waals surface area contributed by atoms with Crippen molar-refractivity contribution in [1.82, 2.24) is 4.98 Å². The number of alkyl halides is 1. The van der Waals surface area contributed by atoms with Crippen molar-refractivity contribution in [3.63, 3.8) is 0 Å². The predicted octanol–water partition coefficient (Wildman–Crippen LogP) is -0.491. The zero-order valence-corrected chi connectivity index (χ0v) is 12.9. The summed E-state index contributed by atoms with van der Waals surface area (Å²) in [5.74, 6) is -2.31. The van der Waals surface area contributed by atoms with Crippen LogP contribution in [0.15, 0.2) is 30.5 Å². The molecule has 2 aromatic rings. The molecular weight excluding hydrogens is 358 g/mol. The minimum absolute atomic E-state index is 0.193. The van der Waals surface area contributed by atoms with Crippen LogP contribution in [0.2, 0.25) is 0 Å². The van der Waals surface area contributed by atoms with Crippen molar-refractivity contribution in [3.8, 4) is 0 Å². The number of benzene rings is 1. The third-order valence-corrected chi connectivity index (χ3v) is 4.89. The summed E-state index contributed by atoms with van der Waals surface area (Å²) in [6.45, 7) is -0.720. The minimum atomic E-state index is -2.31. The molecule has 1 aromatic carbocycles. The molecule has 120 valence electrons. The Bertz CT molecular complexity index is 693. The molecule has 1 aliphatic rings. The van der Waals surface area contributed by atoms with Gasteiger partial charge in [-0.2, -0.15) is 0 Å². The zero-order valence-electron chi connectivity index (χ0n) is 11.3. The van der Waals surface area contributed by atoms with E-state index in [0.29, 0.717) is 10.9 Å². The highest BCUT2D eigenvalue weighted by molar-refractivity contribution is 9.10. The summed E-state index contributed by atoms with van der Waals surface area (Å²) in [5.41, 5.74) is 0.894. The Kier molecular flexibility index (Phi) is 3.81. The number of H-pyrrole nitrogens is 1. The second-order valence-electron chi connectivity index (χ2n) is 5.37. The first-order valence-corrected chi connectivity index (χ1v) is 7.46. The topological polar surface area (TPSA) is 126 Å². The summed E-state index contributed by atoms with van der Waals surface area (Å²) in [7, 11) is 0. The van der Waals surface area contributed by atoms with Crippen molar-refractivity contribution >= 4 is 26.8 Å². The first-order valence-electron chi connectivity index (χ1n) is 6.66. The number of fused-ring (bicyclic) bond motifs is 1. The fourth-order valence-electron chi connectivity index (χ4n) is 2.75. The summed E-state index contributed by atoms with van der Waals surface area (Å²) in [6.07, 6.45) is -3.71. The van der Waals surface area contributed by atoms with E-state index >= 15 is 0 Å². The lowest BCUT2D eigenvalue weighted by Gasteiger charge is -2.49. The molecule has 7 nitrogen and oxygen atoms in total. The second-order valence-corrected chi connectivity index (χ2v) is 6.71. The smallest absolute Gasteiger partial charge is 0.225 e. The van der Waals surface area contributed by atoms with Gasteiger partial charge in [0.2, 0.25) is 5.79 Å². The number of hydrogen-bond donors (Lipinski definition) is 6. The normalized spacial score (nSPS) is 39.3. The van der Waals surface area contributed by atoms with Crippen LogP contribution in [0.25, 0.3) is 10.9 Å². The molecule has 5 atom stereocenters. The molecule has 2 heterocycles. The van der Waals surface area contributed by atoms with Gasteiger partial charge in [0.15, 0.2) is 4.51 Å². The SMILES string of the molecule is OC[C@@]1(Br)O[C@](O)(c2c[nH]c3ccccc23)[C@H](O)[C@@H](O)[C@H]1O. The summed E-state index contributed by atoms with van der Waals surface area (Å²) in [4.78, 5) is 2.93. The zero-order chi connectivity index (χ0) is 16.1. The van der Waals surface area contributed by atoms with Gasteiger partial charge in [0.25, 0.3) is 0 Å². The first kappa shape index (κ1) is 15.9. The molecule has 1 saturated heterocycles. The number of halogens is 1. The summed E-state index contributed by atoms with van der Waals surface area (Å²) in [6, 6.07) is 7.03. The first-order chi connectivity index (χ1) is 10.3. The minimum Gasteiger partial charge on any atom is -0.392 e. The summed E-state index contributed by atoms with van der Waals surface area (Å²) in [5, 5.41) is 51.1. The number of para-hydroxylation sites is 1. The predicted molar refractivity (Wildman–Crippen MR) is 80.0 cm³/mol. The van der Waals surface area contributed by atoms with Crippen LogP contribution in [0.5, 0.6) is 0 Å². The van der Waals surface area contributed by atoms with Gasteiger partial charge >= 0.3 is 0 Å². The van der Waals surface area contributed by atoms with Crippen LogP contribution in [-0.2, 0) is 10.5 Å². The molecule has 0 unspecified atom stereocenters. The highest BCUT2D eigenvalue weighted by atomic mass is 79.9. The molecule has 0 spiro atoms. The number of aromatic nitrogens is 1. The van der Waals surface area contributed by atoms with E-state index in [2.05, 4.69) is 20.9 Å². The maximum absolute atomic E-state index is 10.8. The van der Waals surface area contributed by atoms with E-state index in [4.69, 9.17) is 4.74 Å². The quantitative estimate of drug-likeness (QED) is 0.394. The highest BCUT2D eigenvalue weighted by Crippen LogP contribution is 2.45. The van der Waals surface area contributed by atoms with Crippen molar-refractivity contribution in [2.75, 3.05) is 6.61 Å². The second kappa shape index (κ2) is 5.27. The van der Waals surface area contributed by atoms with Gasteiger partial charge < -0.3 is 35.3 Å². The number of aliphatic hydroxyl groups is 5. The van der Waals surface area contributed by atoms with Crippen LogP contribution in [0.4, 0.5) is 0 Å². The van der Waals surface area contributed by atoms with Crippen molar-refractivity contribution in [1.29, 1.82) is 0 Å². The lowest BCUT2D eigenvalue weighted by molar-refractivity contribution is -0.365. The Morgan fingerprint density at radius 2 is 1.86 bits per heavy atom. The standard InChI is InChI=1S/C14H16BrNO6/c15-13(6-17)11(19)10(18)12(20)14(21,22-13)8-5-16-9-4-2-1-3-7(8)9/h1-5,10-12,16-21H,6H2/t10-,11+,12+,13+,14+/m0/s1. The summed E-state index contributed by atoms with van der Waals surface area (Å²) < 4.78 is 3.59. The van der Waals surface area contributed by atoms with Crippen LogP contribution in [-0.4, -0.2) is 59.9 Å². The van der Waals surface area contributed by atoms with Gasteiger partial charge in [0.1, 0.15) is 18.3 Å². The van der Waals surface area contributed by atoms with Crippen molar-refractivity contribution in [2.24, 2.45) is 0 Å². The van der Waals surface area contributed by atoms with Crippen molar-refractivity contribution < 1.29 is 30.3 Å². The maximum atomic E-state index is 10.8. The lowest BCUT2D eigenvalue weighted by Crippen LogP contribution is -2.67. The molecule has 0 amide bonds.